The van der Waals surface area contributed by atoms with Crippen LogP contribution in [-0.2, 0) is 9.53 Å². The smallest absolute Gasteiger partial charge is 0.244 e. The van der Waals surface area contributed by atoms with Crippen LogP contribution in [0.15, 0.2) is 24.3 Å². The van der Waals surface area contributed by atoms with Crippen molar-refractivity contribution in [2.45, 2.75) is 44.1 Å². The van der Waals surface area contributed by atoms with E-state index in [9.17, 15) is 4.79 Å². The minimum atomic E-state index is -0.809. The first-order valence-electron chi connectivity index (χ1n) is 8.70. The number of nitrogens with two attached hydrogens (primary N) is 1. The SMILES string of the molecule is NC1(C(=O)Nc2cccc(N3CCCCCC3)c2)CCOCC1. The number of nitrogens with one attached hydrogen (secondary N) is 1. The topological polar surface area (TPSA) is 67.6 Å². The third kappa shape index (κ3) is 4.03. The van der Waals surface area contributed by atoms with Crippen LogP contribution in [0.4, 0.5) is 11.4 Å². The molecule has 3 rings (SSSR count). The van der Waals surface area contributed by atoms with Crippen molar-refractivity contribution in [2.24, 2.45) is 5.73 Å². The average molecular weight is 317 g/mol. The Kier molecular flexibility index (Phi) is 5.18. The number of nitrogens with zero attached hydrogens (tertiary/aromatic N) is 1. The summed E-state index contributed by atoms with van der Waals surface area (Å²) in [6, 6.07) is 8.12. The highest BCUT2D eigenvalue weighted by atomic mass is 16.5. The molecule has 1 aromatic carbocycles. The fourth-order valence-electron chi connectivity index (χ4n) is 3.33. The Balaban J connectivity index is 1.68. The van der Waals surface area contributed by atoms with E-state index in [0.717, 1.165) is 18.8 Å². The summed E-state index contributed by atoms with van der Waals surface area (Å²) < 4.78 is 5.31. The number of carbonyl (C=O) groups excluding carboxylic acids is 1. The van der Waals surface area contributed by atoms with Crippen LogP contribution >= 0.6 is 0 Å². The number of rotatable bonds is 3. The molecule has 23 heavy (non-hydrogen) atoms. The third-order valence-electron chi connectivity index (χ3n) is 4.91. The molecule has 2 fully saturated rings. The van der Waals surface area contributed by atoms with Crippen molar-refractivity contribution in [1.82, 2.24) is 0 Å². The van der Waals surface area contributed by atoms with Gasteiger partial charge in [-0.25, -0.2) is 0 Å². The van der Waals surface area contributed by atoms with E-state index in [4.69, 9.17) is 10.5 Å². The molecule has 2 saturated heterocycles. The standard InChI is InChI=1S/C18H27N3O2/c19-18(8-12-23-13-9-18)17(22)20-15-6-5-7-16(14-15)21-10-3-1-2-4-11-21/h5-7,14H,1-4,8-13,19H2,(H,20,22). The Morgan fingerprint density at radius 1 is 1.13 bits per heavy atom. The molecule has 0 radical (unpaired) electrons. The van der Waals surface area contributed by atoms with Crippen molar-refractivity contribution in [3.8, 4) is 0 Å². The van der Waals surface area contributed by atoms with Crippen molar-refractivity contribution >= 4 is 17.3 Å². The molecule has 1 amide bonds. The number of anilines is 2. The van der Waals surface area contributed by atoms with Crippen LogP contribution in [0.25, 0.3) is 0 Å². The third-order valence-corrected chi connectivity index (χ3v) is 4.91. The molecule has 0 atom stereocenters. The van der Waals surface area contributed by atoms with Crippen LogP contribution in [0.5, 0.6) is 0 Å². The molecular formula is C18H27N3O2. The van der Waals surface area contributed by atoms with Crippen molar-refractivity contribution in [2.75, 3.05) is 36.5 Å². The molecule has 126 valence electrons. The van der Waals surface area contributed by atoms with Gasteiger partial charge in [0.05, 0.1) is 0 Å². The number of carbonyl (C=O) groups is 1. The molecule has 5 nitrogen and oxygen atoms in total. The molecule has 2 aliphatic heterocycles. The van der Waals surface area contributed by atoms with Crippen LogP contribution in [0.3, 0.4) is 0 Å². The molecule has 0 unspecified atom stereocenters. The van der Waals surface area contributed by atoms with E-state index >= 15 is 0 Å². The second-order valence-electron chi connectivity index (χ2n) is 6.67. The van der Waals surface area contributed by atoms with E-state index < -0.39 is 5.54 Å². The summed E-state index contributed by atoms with van der Waals surface area (Å²) in [5.41, 5.74) is 7.45. The monoisotopic (exact) mass is 317 g/mol. The highest BCUT2D eigenvalue weighted by Gasteiger charge is 2.35. The van der Waals surface area contributed by atoms with Crippen molar-refractivity contribution < 1.29 is 9.53 Å². The van der Waals surface area contributed by atoms with Gasteiger partial charge in [-0.1, -0.05) is 18.9 Å². The second-order valence-corrected chi connectivity index (χ2v) is 6.67. The van der Waals surface area contributed by atoms with Gasteiger partial charge in [0.1, 0.15) is 5.54 Å². The van der Waals surface area contributed by atoms with Gasteiger partial charge >= 0.3 is 0 Å². The van der Waals surface area contributed by atoms with Crippen LogP contribution in [0.2, 0.25) is 0 Å². The Hall–Kier alpha value is -1.59. The first-order valence-corrected chi connectivity index (χ1v) is 8.70. The molecular weight excluding hydrogens is 290 g/mol. The summed E-state index contributed by atoms with van der Waals surface area (Å²) in [5.74, 6) is -0.103. The maximum absolute atomic E-state index is 12.5. The molecule has 0 aromatic heterocycles. The fourth-order valence-corrected chi connectivity index (χ4v) is 3.33. The minimum Gasteiger partial charge on any atom is -0.381 e. The number of benzene rings is 1. The van der Waals surface area contributed by atoms with Crippen LogP contribution in [0, 0.1) is 0 Å². The molecule has 0 spiro atoms. The average Bonchev–Trinajstić information content (AvgIpc) is 2.85. The normalized spacial score (nSPS) is 21.5. The Morgan fingerprint density at radius 3 is 2.52 bits per heavy atom. The van der Waals surface area contributed by atoms with E-state index in [1.165, 1.54) is 31.4 Å². The zero-order valence-corrected chi connectivity index (χ0v) is 13.7. The summed E-state index contributed by atoms with van der Waals surface area (Å²) >= 11 is 0. The molecule has 2 aliphatic rings. The maximum Gasteiger partial charge on any atom is 0.244 e. The molecule has 2 heterocycles. The lowest BCUT2D eigenvalue weighted by Crippen LogP contribution is -2.54. The van der Waals surface area contributed by atoms with Gasteiger partial charge in [0.15, 0.2) is 0 Å². The van der Waals surface area contributed by atoms with Gasteiger partial charge in [-0.3, -0.25) is 4.79 Å². The van der Waals surface area contributed by atoms with Gasteiger partial charge < -0.3 is 20.7 Å². The number of hydrogen-bond acceptors (Lipinski definition) is 4. The van der Waals surface area contributed by atoms with Crippen molar-refractivity contribution in [3.05, 3.63) is 24.3 Å². The van der Waals surface area contributed by atoms with E-state index in [1.807, 2.05) is 12.1 Å². The predicted octanol–water partition coefficient (Wildman–Crippen LogP) is 2.51. The minimum absolute atomic E-state index is 0.103. The number of hydrogen-bond donors (Lipinski definition) is 2. The zero-order valence-electron chi connectivity index (χ0n) is 13.7. The Bertz CT molecular complexity index is 533. The first kappa shape index (κ1) is 16.3. The van der Waals surface area contributed by atoms with Gasteiger partial charge in [0, 0.05) is 37.7 Å². The van der Waals surface area contributed by atoms with Gasteiger partial charge in [-0.05, 0) is 43.9 Å². The molecule has 5 heteroatoms. The molecule has 0 aliphatic carbocycles. The molecule has 0 bridgehead atoms. The summed E-state index contributed by atoms with van der Waals surface area (Å²) in [6.45, 7) is 3.29. The van der Waals surface area contributed by atoms with E-state index in [2.05, 4.69) is 22.3 Å². The van der Waals surface area contributed by atoms with Crippen LogP contribution in [0.1, 0.15) is 38.5 Å². The Morgan fingerprint density at radius 2 is 1.83 bits per heavy atom. The van der Waals surface area contributed by atoms with Crippen molar-refractivity contribution in [3.63, 3.8) is 0 Å². The lowest BCUT2D eigenvalue weighted by atomic mass is 9.90. The molecule has 3 N–H and O–H groups in total. The van der Waals surface area contributed by atoms with E-state index in [-0.39, 0.29) is 5.91 Å². The fraction of sp³-hybridized carbons (Fsp3) is 0.611. The van der Waals surface area contributed by atoms with Crippen molar-refractivity contribution in [1.29, 1.82) is 0 Å². The summed E-state index contributed by atoms with van der Waals surface area (Å²) in [6.07, 6.45) is 6.25. The second kappa shape index (κ2) is 7.32. The van der Waals surface area contributed by atoms with E-state index in [1.54, 1.807) is 0 Å². The number of amides is 1. The largest absolute Gasteiger partial charge is 0.381 e. The quantitative estimate of drug-likeness (QED) is 0.899. The first-order chi connectivity index (χ1) is 11.2. The maximum atomic E-state index is 12.5. The lowest BCUT2D eigenvalue weighted by molar-refractivity contribution is -0.124. The predicted molar refractivity (Wildman–Crippen MR) is 92.7 cm³/mol. The van der Waals surface area contributed by atoms with E-state index in [0.29, 0.717) is 26.1 Å². The summed E-state index contributed by atoms with van der Waals surface area (Å²) in [5, 5.41) is 3.00. The highest BCUT2D eigenvalue weighted by Crippen LogP contribution is 2.25. The zero-order chi connectivity index (χ0) is 16.1. The highest BCUT2D eigenvalue weighted by molar-refractivity contribution is 5.98. The van der Waals surface area contributed by atoms with Gasteiger partial charge in [0.25, 0.3) is 0 Å². The van der Waals surface area contributed by atoms with Gasteiger partial charge in [0.2, 0.25) is 5.91 Å². The van der Waals surface area contributed by atoms with Crippen LogP contribution in [-0.4, -0.2) is 37.7 Å². The van der Waals surface area contributed by atoms with Gasteiger partial charge in [-0.15, -0.1) is 0 Å². The number of ether oxygens (including phenoxy) is 1. The summed E-state index contributed by atoms with van der Waals surface area (Å²) in [7, 11) is 0. The van der Waals surface area contributed by atoms with Crippen LogP contribution < -0.4 is 16.0 Å². The molecule has 0 saturated carbocycles. The van der Waals surface area contributed by atoms with Gasteiger partial charge in [-0.2, -0.15) is 0 Å². The Labute approximate surface area is 138 Å². The summed E-state index contributed by atoms with van der Waals surface area (Å²) in [4.78, 5) is 14.9. The molecule has 1 aromatic rings. The lowest BCUT2D eigenvalue weighted by Gasteiger charge is -2.32.